The van der Waals surface area contributed by atoms with Gasteiger partial charge in [-0.05, 0) is 36.6 Å². The number of amides is 1. The van der Waals surface area contributed by atoms with Crippen molar-refractivity contribution in [3.8, 4) is 5.75 Å². The number of carbonyl (C=O) groups excluding carboxylic acids is 1. The van der Waals surface area contributed by atoms with Crippen LogP contribution in [-0.4, -0.2) is 30.6 Å². The van der Waals surface area contributed by atoms with Crippen molar-refractivity contribution in [2.24, 2.45) is 0 Å². The molecular formula is C24H27N3O2. The predicted molar refractivity (Wildman–Crippen MR) is 116 cm³/mol. The fourth-order valence-corrected chi connectivity index (χ4v) is 3.69. The number of hydrogen-bond donors (Lipinski definition) is 1. The number of hydrogen-bond acceptors (Lipinski definition) is 4. The summed E-state index contributed by atoms with van der Waals surface area (Å²) in [6.45, 7) is 2.56. The molecule has 0 radical (unpaired) electrons. The Bertz CT molecular complexity index is 951. The maximum atomic E-state index is 12.2. The fraction of sp³-hybridized carbons (Fsp3) is 0.333. The van der Waals surface area contributed by atoms with Crippen LogP contribution in [0, 0.1) is 0 Å². The molecule has 5 nitrogen and oxygen atoms in total. The lowest BCUT2D eigenvalue weighted by Gasteiger charge is -2.22. The second kappa shape index (κ2) is 9.41. The van der Waals surface area contributed by atoms with Crippen LogP contribution in [0.4, 0.5) is 5.82 Å². The molecule has 5 heteroatoms. The maximum Gasteiger partial charge on any atom is 0.258 e. The van der Waals surface area contributed by atoms with E-state index in [2.05, 4.69) is 22.3 Å². The van der Waals surface area contributed by atoms with Gasteiger partial charge in [-0.1, -0.05) is 55.3 Å². The molecule has 0 aliphatic carbocycles. The minimum absolute atomic E-state index is 0.0262. The number of nitrogens with zero attached hydrogens (tertiary/aromatic N) is 2. The molecule has 0 unspecified atom stereocenters. The molecule has 2 aromatic carbocycles. The summed E-state index contributed by atoms with van der Waals surface area (Å²) in [6.07, 6.45) is 4.99. The van der Waals surface area contributed by atoms with Gasteiger partial charge in [0, 0.05) is 25.0 Å². The monoisotopic (exact) mass is 389 g/mol. The largest absolute Gasteiger partial charge is 0.481 e. The van der Waals surface area contributed by atoms with Gasteiger partial charge in [0.15, 0.2) is 6.61 Å². The number of carbonyl (C=O) groups is 1. The van der Waals surface area contributed by atoms with Crippen LogP contribution in [0.3, 0.4) is 0 Å². The van der Waals surface area contributed by atoms with Crippen molar-refractivity contribution in [1.29, 1.82) is 0 Å². The van der Waals surface area contributed by atoms with Crippen molar-refractivity contribution in [3.05, 3.63) is 66.2 Å². The summed E-state index contributed by atoms with van der Waals surface area (Å²) >= 11 is 0. The van der Waals surface area contributed by atoms with E-state index in [1.54, 1.807) is 0 Å². The Morgan fingerprint density at radius 2 is 1.72 bits per heavy atom. The Morgan fingerprint density at radius 3 is 2.52 bits per heavy atom. The SMILES string of the molecule is O=C(COc1cccc2ccc(N3CCCCCC3)nc12)NCc1ccccc1. The van der Waals surface area contributed by atoms with Crippen LogP contribution in [0.1, 0.15) is 31.2 Å². The fourth-order valence-electron chi connectivity index (χ4n) is 3.69. The van der Waals surface area contributed by atoms with Crippen molar-refractivity contribution in [1.82, 2.24) is 10.3 Å². The molecule has 3 aromatic rings. The Morgan fingerprint density at radius 1 is 0.931 bits per heavy atom. The summed E-state index contributed by atoms with van der Waals surface area (Å²) in [7, 11) is 0. The standard InChI is InChI=1S/C24H27N3O2/c28-23(25-17-19-9-4-3-5-10-19)18-29-21-12-8-11-20-13-14-22(26-24(20)21)27-15-6-1-2-7-16-27/h3-5,8-14H,1-2,6-7,15-18H2,(H,25,28). The maximum absolute atomic E-state index is 12.2. The van der Waals surface area contributed by atoms with Gasteiger partial charge in [-0.25, -0.2) is 4.98 Å². The molecule has 1 aliphatic heterocycles. The predicted octanol–water partition coefficient (Wildman–Crippen LogP) is 4.31. The van der Waals surface area contributed by atoms with Gasteiger partial charge in [0.2, 0.25) is 0 Å². The van der Waals surface area contributed by atoms with Crippen molar-refractivity contribution < 1.29 is 9.53 Å². The highest BCUT2D eigenvalue weighted by molar-refractivity contribution is 5.86. The summed E-state index contributed by atoms with van der Waals surface area (Å²) in [5.74, 6) is 1.49. The van der Waals surface area contributed by atoms with Crippen molar-refractivity contribution in [2.45, 2.75) is 32.2 Å². The molecule has 1 fully saturated rings. The van der Waals surface area contributed by atoms with E-state index in [1.807, 2.05) is 48.5 Å². The van der Waals surface area contributed by atoms with E-state index >= 15 is 0 Å². The molecule has 1 aliphatic rings. The zero-order chi connectivity index (χ0) is 19.9. The first-order valence-electron chi connectivity index (χ1n) is 10.4. The van der Waals surface area contributed by atoms with Crippen LogP contribution < -0.4 is 15.0 Å². The second-order valence-electron chi connectivity index (χ2n) is 7.45. The van der Waals surface area contributed by atoms with Crippen LogP contribution >= 0.6 is 0 Å². The molecule has 0 atom stereocenters. The Labute approximate surface area is 171 Å². The third kappa shape index (κ3) is 5.05. The summed E-state index contributed by atoms with van der Waals surface area (Å²) in [5.41, 5.74) is 1.87. The minimum Gasteiger partial charge on any atom is -0.481 e. The number of ether oxygens (including phenoxy) is 1. The lowest BCUT2D eigenvalue weighted by Crippen LogP contribution is -2.28. The van der Waals surface area contributed by atoms with Gasteiger partial charge in [0.05, 0.1) is 0 Å². The third-order valence-electron chi connectivity index (χ3n) is 5.29. The van der Waals surface area contributed by atoms with Gasteiger partial charge >= 0.3 is 0 Å². The molecule has 0 spiro atoms. The number of benzene rings is 2. The molecular weight excluding hydrogens is 362 g/mol. The first-order valence-corrected chi connectivity index (χ1v) is 10.4. The first-order chi connectivity index (χ1) is 14.3. The van der Waals surface area contributed by atoms with E-state index in [1.165, 1.54) is 25.7 Å². The molecule has 0 saturated carbocycles. The number of nitrogens with one attached hydrogen (secondary N) is 1. The normalized spacial score (nSPS) is 14.4. The van der Waals surface area contributed by atoms with Gasteiger partial charge in [-0.15, -0.1) is 0 Å². The van der Waals surface area contributed by atoms with E-state index < -0.39 is 0 Å². The molecule has 0 bridgehead atoms. The molecule has 1 saturated heterocycles. The zero-order valence-corrected chi connectivity index (χ0v) is 16.6. The molecule has 1 amide bonds. The summed E-state index contributed by atoms with van der Waals surface area (Å²) in [6, 6.07) is 19.9. The van der Waals surface area contributed by atoms with E-state index in [0.29, 0.717) is 12.3 Å². The van der Waals surface area contributed by atoms with E-state index in [4.69, 9.17) is 9.72 Å². The Hall–Kier alpha value is -3.08. The van der Waals surface area contributed by atoms with Gasteiger partial charge in [-0.3, -0.25) is 4.79 Å². The topological polar surface area (TPSA) is 54.5 Å². The summed E-state index contributed by atoms with van der Waals surface area (Å²) in [5, 5.41) is 3.91. The average molecular weight is 389 g/mol. The molecule has 2 heterocycles. The Kier molecular flexibility index (Phi) is 6.25. The summed E-state index contributed by atoms with van der Waals surface area (Å²) in [4.78, 5) is 19.5. The van der Waals surface area contributed by atoms with E-state index in [9.17, 15) is 4.79 Å². The molecule has 4 rings (SSSR count). The van der Waals surface area contributed by atoms with Gasteiger partial charge in [-0.2, -0.15) is 0 Å². The quantitative estimate of drug-likeness (QED) is 0.683. The number of rotatable bonds is 6. The number of para-hydroxylation sites is 1. The zero-order valence-electron chi connectivity index (χ0n) is 16.6. The molecule has 150 valence electrons. The minimum atomic E-state index is -0.144. The van der Waals surface area contributed by atoms with Gasteiger partial charge in [0.1, 0.15) is 17.1 Å². The molecule has 1 aromatic heterocycles. The van der Waals surface area contributed by atoms with Crippen molar-refractivity contribution in [2.75, 3.05) is 24.6 Å². The van der Waals surface area contributed by atoms with Gasteiger partial charge < -0.3 is 15.0 Å². The number of pyridine rings is 1. The lowest BCUT2D eigenvalue weighted by molar-refractivity contribution is -0.123. The van der Waals surface area contributed by atoms with Crippen LogP contribution in [0.25, 0.3) is 10.9 Å². The van der Waals surface area contributed by atoms with Crippen molar-refractivity contribution >= 4 is 22.6 Å². The van der Waals surface area contributed by atoms with Crippen LogP contribution in [0.2, 0.25) is 0 Å². The second-order valence-corrected chi connectivity index (χ2v) is 7.45. The lowest BCUT2D eigenvalue weighted by atomic mass is 10.2. The van der Waals surface area contributed by atoms with Crippen LogP contribution in [0.15, 0.2) is 60.7 Å². The highest BCUT2D eigenvalue weighted by Crippen LogP contribution is 2.27. The van der Waals surface area contributed by atoms with Crippen molar-refractivity contribution in [3.63, 3.8) is 0 Å². The first kappa shape index (κ1) is 19.2. The molecule has 29 heavy (non-hydrogen) atoms. The summed E-state index contributed by atoms with van der Waals surface area (Å²) < 4.78 is 5.84. The third-order valence-corrected chi connectivity index (χ3v) is 5.29. The van der Waals surface area contributed by atoms with E-state index in [-0.39, 0.29) is 12.5 Å². The van der Waals surface area contributed by atoms with Crippen LogP contribution in [-0.2, 0) is 11.3 Å². The smallest absolute Gasteiger partial charge is 0.258 e. The highest BCUT2D eigenvalue weighted by Gasteiger charge is 2.13. The van der Waals surface area contributed by atoms with Crippen LogP contribution in [0.5, 0.6) is 5.75 Å². The van der Waals surface area contributed by atoms with E-state index in [0.717, 1.165) is 35.4 Å². The molecule has 1 N–H and O–H groups in total. The Balaban J connectivity index is 1.43. The number of fused-ring (bicyclic) bond motifs is 1. The van der Waals surface area contributed by atoms with Gasteiger partial charge in [0.25, 0.3) is 5.91 Å². The average Bonchev–Trinajstić information content (AvgIpc) is 3.06. The highest BCUT2D eigenvalue weighted by atomic mass is 16.5. The number of anilines is 1. The number of aromatic nitrogens is 1.